The zero-order valence-electron chi connectivity index (χ0n) is 16.1. The first kappa shape index (κ1) is 20.0. The van der Waals surface area contributed by atoms with Crippen LogP contribution in [-0.2, 0) is 16.8 Å². The molecule has 0 spiro atoms. The van der Waals surface area contributed by atoms with Crippen LogP contribution in [0.3, 0.4) is 0 Å². The number of fused-ring (bicyclic) bond motifs is 1. The van der Waals surface area contributed by atoms with Gasteiger partial charge < -0.3 is 0 Å². The number of halogens is 2. The van der Waals surface area contributed by atoms with Crippen molar-refractivity contribution < 1.29 is 13.8 Å². The molecule has 1 N–H and O–H groups in total. The smallest absolute Gasteiger partial charge is 0.242 e. The van der Waals surface area contributed by atoms with E-state index < -0.39 is 11.2 Å². The van der Waals surface area contributed by atoms with Crippen LogP contribution in [0.1, 0.15) is 44.2 Å². The molecule has 0 aliphatic rings. The number of hydrogen-bond donors (Lipinski definition) is 1. The number of H-pyrrole nitrogens is 1. The Hall–Kier alpha value is -2.71. The summed E-state index contributed by atoms with van der Waals surface area (Å²) >= 11 is 6.25. The second-order valence-electron chi connectivity index (χ2n) is 7.66. The molecule has 0 amide bonds. The van der Waals surface area contributed by atoms with Crippen LogP contribution >= 0.6 is 11.6 Å². The summed E-state index contributed by atoms with van der Waals surface area (Å²) in [4.78, 5) is 15.7. The molecule has 0 aliphatic heterocycles. The molecule has 3 aromatic rings. The molecular formula is C22H22ClFN3O+. The number of nitrogens with zero attached hydrogens (tertiary/aromatic N) is 2. The highest BCUT2D eigenvalue weighted by molar-refractivity contribution is 6.34. The van der Waals surface area contributed by atoms with Crippen molar-refractivity contribution >= 4 is 28.4 Å². The van der Waals surface area contributed by atoms with Gasteiger partial charge in [-0.05, 0) is 43.5 Å². The number of aromatic nitrogens is 2. The van der Waals surface area contributed by atoms with Crippen LogP contribution in [-0.4, -0.2) is 10.8 Å². The number of ketones is 1. The summed E-state index contributed by atoms with van der Waals surface area (Å²) in [7, 11) is 0. The summed E-state index contributed by atoms with van der Waals surface area (Å²) in [6.45, 7) is 5.45. The molecule has 144 valence electrons. The zero-order chi connectivity index (χ0) is 20.5. The maximum absolute atomic E-state index is 14.5. The van der Waals surface area contributed by atoms with Gasteiger partial charge >= 0.3 is 0 Å². The van der Waals surface area contributed by atoms with Crippen molar-refractivity contribution in [3.63, 3.8) is 0 Å². The number of carbonyl (C=O) groups excluding carboxylic acids is 1. The van der Waals surface area contributed by atoms with E-state index in [4.69, 9.17) is 11.6 Å². The Morgan fingerprint density at radius 3 is 2.79 bits per heavy atom. The van der Waals surface area contributed by atoms with Crippen LogP contribution in [0.2, 0.25) is 5.02 Å². The minimum Gasteiger partial charge on any atom is -0.295 e. The quantitative estimate of drug-likeness (QED) is 0.605. The van der Waals surface area contributed by atoms with E-state index in [0.29, 0.717) is 10.6 Å². The number of para-hydroxylation sites is 1. The van der Waals surface area contributed by atoms with Gasteiger partial charge in [0.1, 0.15) is 12.4 Å². The predicted molar refractivity (Wildman–Crippen MR) is 107 cm³/mol. The molecule has 4 nitrogen and oxygen atoms in total. The monoisotopic (exact) mass is 398 g/mol. The van der Waals surface area contributed by atoms with Crippen molar-refractivity contribution in [2.45, 2.75) is 45.1 Å². The van der Waals surface area contributed by atoms with Crippen molar-refractivity contribution in [3.8, 4) is 6.07 Å². The summed E-state index contributed by atoms with van der Waals surface area (Å²) in [5.41, 5.74) is 1.87. The Morgan fingerprint density at radius 1 is 1.36 bits per heavy atom. The minimum atomic E-state index is -0.896. The van der Waals surface area contributed by atoms with Crippen LogP contribution in [0, 0.1) is 17.1 Å². The maximum atomic E-state index is 14.5. The third-order valence-electron chi connectivity index (χ3n) is 5.05. The van der Waals surface area contributed by atoms with Gasteiger partial charge in [-0.15, -0.1) is 0 Å². The molecule has 1 heterocycles. The molecule has 1 unspecified atom stereocenters. The van der Waals surface area contributed by atoms with Crippen molar-refractivity contribution in [3.05, 3.63) is 64.7 Å². The van der Waals surface area contributed by atoms with Crippen LogP contribution in [0.25, 0.3) is 11.0 Å². The summed E-state index contributed by atoms with van der Waals surface area (Å²) in [6, 6.07) is 12.5. The molecule has 3 rings (SSSR count). The molecule has 0 saturated heterocycles. The van der Waals surface area contributed by atoms with E-state index in [9.17, 15) is 14.4 Å². The first-order valence-corrected chi connectivity index (χ1v) is 9.48. The van der Waals surface area contributed by atoms with E-state index in [1.54, 1.807) is 42.9 Å². The highest BCUT2D eigenvalue weighted by Gasteiger charge is 2.25. The second kappa shape index (κ2) is 7.73. The molecule has 0 fully saturated rings. The van der Waals surface area contributed by atoms with E-state index in [-0.39, 0.29) is 24.7 Å². The Balaban J connectivity index is 1.74. The van der Waals surface area contributed by atoms with Gasteiger partial charge in [0.15, 0.2) is 16.8 Å². The lowest BCUT2D eigenvalue weighted by molar-refractivity contribution is -0.658. The average Bonchev–Trinajstić information content (AvgIpc) is 3.05. The third kappa shape index (κ3) is 3.93. The fraction of sp³-hybridized carbons (Fsp3) is 0.318. The molecule has 1 atom stereocenters. The lowest BCUT2D eigenvalue weighted by Gasteiger charge is -2.18. The summed E-state index contributed by atoms with van der Waals surface area (Å²) in [5, 5.41) is 9.79. The van der Waals surface area contributed by atoms with Crippen LogP contribution < -0.4 is 4.57 Å². The van der Waals surface area contributed by atoms with E-state index in [0.717, 1.165) is 16.6 Å². The Morgan fingerprint density at radius 2 is 2.11 bits per heavy atom. The van der Waals surface area contributed by atoms with Gasteiger partial charge in [-0.1, -0.05) is 36.7 Å². The van der Waals surface area contributed by atoms with E-state index in [1.165, 1.54) is 6.07 Å². The maximum Gasteiger partial charge on any atom is 0.242 e. The van der Waals surface area contributed by atoms with E-state index >= 15 is 0 Å². The van der Waals surface area contributed by atoms with Crippen molar-refractivity contribution in [1.29, 1.82) is 5.26 Å². The number of benzene rings is 2. The van der Waals surface area contributed by atoms with Gasteiger partial charge in [-0.25, -0.2) is 13.9 Å². The number of rotatable bonds is 6. The van der Waals surface area contributed by atoms with Gasteiger partial charge in [-0.3, -0.25) is 4.79 Å². The number of nitrogens with one attached hydrogen (secondary N) is 1. The molecule has 0 radical (unpaired) electrons. The molecule has 0 bridgehead atoms. The highest BCUT2D eigenvalue weighted by atomic mass is 35.5. The standard InChI is InChI=1S/C22H21ClFN3O/c1-14(15-7-8-17(19(24)10-15)22(2,3)12-25)9-16(28)11-27-13-26-20-6-4-5-18(23)21(20)27/h4-8,10,13-14H,9,11H2,1-3H3/p+1. The predicted octanol–water partition coefficient (Wildman–Crippen LogP) is 4.81. The molecule has 0 aliphatic carbocycles. The number of nitriles is 1. The third-order valence-corrected chi connectivity index (χ3v) is 5.35. The topological polar surface area (TPSA) is 60.5 Å². The minimum absolute atomic E-state index is 0.0279. The molecule has 28 heavy (non-hydrogen) atoms. The van der Waals surface area contributed by atoms with Crippen molar-refractivity contribution in [2.24, 2.45) is 0 Å². The Labute approximate surface area is 168 Å². The van der Waals surface area contributed by atoms with Gasteiger partial charge in [0.2, 0.25) is 6.33 Å². The van der Waals surface area contributed by atoms with Crippen LogP contribution in [0.15, 0.2) is 42.7 Å². The van der Waals surface area contributed by atoms with Crippen molar-refractivity contribution in [2.75, 3.05) is 0 Å². The summed E-state index contributed by atoms with van der Waals surface area (Å²) in [6.07, 6.45) is 2.02. The normalized spacial score (nSPS) is 12.7. The first-order valence-electron chi connectivity index (χ1n) is 9.11. The highest BCUT2D eigenvalue weighted by Crippen LogP contribution is 2.29. The van der Waals surface area contributed by atoms with Crippen LogP contribution in [0.4, 0.5) is 4.39 Å². The number of Topliss-reactive ketones (excluding diaryl/α,β-unsaturated/α-hetero) is 1. The number of hydrogen-bond acceptors (Lipinski definition) is 2. The summed E-state index contributed by atoms with van der Waals surface area (Å²) in [5.74, 6) is -0.524. The molecule has 6 heteroatoms. The lowest BCUT2D eigenvalue weighted by Crippen LogP contribution is -2.37. The average molecular weight is 399 g/mol. The molecule has 1 aromatic heterocycles. The van der Waals surface area contributed by atoms with Gasteiger partial charge in [0.25, 0.3) is 0 Å². The van der Waals surface area contributed by atoms with E-state index in [1.807, 2.05) is 19.1 Å². The van der Waals surface area contributed by atoms with Gasteiger partial charge in [-0.2, -0.15) is 5.26 Å². The lowest BCUT2D eigenvalue weighted by atomic mass is 9.84. The molecular weight excluding hydrogens is 377 g/mol. The van der Waals surface area contributed by atoms with Gasteiger partial charge in [0, 0.05) is 12.0 Å². The second-order valence-corrected chi connectivity index (χ2v) is 8.06. The fourth-order valence-electron chi connectivity index (χ4n) is 3.38. The van der Waals surface area contributed by atoms with Gasteiger partial charge in [0.05, 0.1) is 16.5 Å². The Kier molecular flexibility index (Phi) is 5.53. The molecule has 2 aromatic carbocycles. The zero-order valence-corrected chi connectivity index (χ0v) is 16.8. The largest absolute Gasteiger partial charge is 0.295 e. The first-order chi connectivity index (χ1) is 13.2. The number of carbonyl (C=O) groups is 1. The number of imidazole rings is 1. The SMILES string of the molecule is CC(CC(=O)C[n+]1c[nH]c2cccc(Cl)c21)c1ccc(C(C)(C)C#N)c(F)c1. The molecule has 0 saturated carbocycles. The van der Waals surface area contributed by atoms with E-state index in [2.05, 4.69) is 11.1 Å². The Bertz CT molecular complexity index is 1080. The summed E-state index contributed by atoms with van der Waals surface area (Å²) < 4.78 is 16.3. The van der Waals surface area contributed by atoms with Crippen LogP contribution in [0.5, 0.6) is 0 Å². The fourth-order valence-corrected chi connectivity index (χ4v) is 3.66. The van der Waals surface area contributed by atoms with Crippen molar-refractivity contribution in [1.82, 2.24) is 4.98 Å². The number of aromatic amines is 1.